The lowest BCUT2D eigenvalue weighted by atomic mass is 9.83. The second-order valence-corrected chi connectivity index (χ2v) is 9.31. The van der Waals surface area contributed by atoms with Crippen LogP contribution in [0.2, 0.25) is 0 Å². The van der Waals surface area contributed by atoms with Crippen molar-refractivity contribution in [1.82, 2.24) is 24.6 Å². The molecule has 4 N–H and O–H groups in total. The highest BCUT2D eigenvalue weighted by Gasteiger charge is 2.39. The van der Waals surface area contributed by atoms with Gasteiger partial charge in [-0.05, 0) is 24.8 Å². The van der Waals surface area contributed by atoms with E-state index in [1.54, 1.807) is 41.2 Å². The lowest BCUT2D eigenvalue weighted by molar-refractivity contribution is -0.139. The number of carbonyl (C=O) groups is 2. The van der Waals surface area contributed by atoms with Crippen LogP contribution in [-0.2, 0) is 17.4 Å². The van der Waals surface area contributed by atoms with Crippen molar-refractivity contribution < 1.29 is 27.9 Å². The SMILES string of the molecule is CC(C(N)=O)C(Cc1ccccc1)c1nc(Nc2cnn(C3CCN(C(=O)O)CC3)c2)ncc1C(F)(F)F. The van der Waals surface area contributed by atoms with Gasteiger partial charge in [0, 0.05) is 37.3 Å². The van der Waals surface area contributed by atoms with Crippen LogP contribution in [0.25, 0.3) is 0 Å². The maximum absolute atomic E-state index is 14.0. The molecule has 38 heavy (non-hydrogen) atoms. The third kappa shape index (κ3) is 6.21. The second kappa shape index (κ2) is 11.1. The Morgan fingerprint density at radius 1 is 1.18 bits per heavy atom. The fourth-order valence-electron chi connectivity index (χ4n) is 4.59. The molecule has 2 atom stereocenters. The van der Waals surface area contributed by atoms with E-state index in [1.807, 2.05) is 0 Å². The fourth-order valence-corrected chi connectivity index (χ4v) is 4.59. The largest absolute Gasteiger partial charge is 0.465 e. The summed E-state index contributed by atoms with van der Waals surface area (Å²) in [4.78, 5) is 32.7. The van der Waals surface area contributed by atoms with Gasteiger partial charge >= 0.3 is 12.3 Å². The molecule has 2 amide bonds. The van der Waals surface area contributed by atoms with Crippen LogP contribution >= 0.6 is 0 Å². The summed E-state index contributed by atoms with van der Waals surface area (Å²) in [5, 5.41) is 16.3. The molecule has 1 fully saturated rings. The Bertz CT molecular complexity index is 1270. The number of anilines is 2. The summed E-state index contributed by atoms with van der Waals surface area (Å²) in [6.45, 7) is 2.26. The highest BCUT2D eigenvalue weighted by Crippen LogP contribution is 2.38. The third-order valence-electron chi connectivity index (χ3n) is 6.79. The van der Waals surface area contributed by atoms with Crippen LogP contribution in [0.5, 0.6) is 0 Å². The van der Waals surface area contributed by atoms with Gasteiger partial charge < -0.3 is 21.1 Å². The standard InChI is InChI=1S/C25H28F3N7O3/c1-15(22(29)36)19(11-16-5-3-2-4-6-16)21-20(25(26,27)28)13-30-23(33-21)32-17-12-31-35(14-17)18-7-9-34(10-8-18)24(37)38/h2-6,12-15,18-19H,7-11H2,1H3,(H2,29,36)(H,37,38)(H,30,32,33). The molecule has 0 spiro atoms. The minimum Gasteiger partial charge on any atom is -0.465 e. The second-order valence-electron chi connectivity index (χ2n) is 9.31. The van der Waals surface area contributed by atoms with Crippen LogP contribution in [0.15, 0.2) is 48.9 Å². The molecule has 10 nitrogen and oxygen atoms in total. The van der Waals surface area contributed by atoms with E-state index >= 15 is 0 Å². The molecule has 0 aliphatic carbocycles. The molecule has 2 aromatic heterocycles. The molecule has 1 aliphatic heterocycles. The average molecular weight is 532 g/mol. The van der Waals surface area contributed by atoms with Crippen molar-refractivity contribution in [1.29, 1.82) is 0 Å². The Labute approximate surface area is 216 Å². The molecule has 0 saturated carbocycles. The van der Waals surface area contributed by atoms with Gasteiger partial charge in [0.1, 0.15) is 0 Å². The molecular weight excluding hydrogens is 503 g/mol. The number of alkyl halides is 3. The Morgan fingerprint density at radius 3 is 2.47 bits per heavy atom. The van der Waals surface area contributed by atoms with Gasteiger partial charge in [-0.2, -0.15) is 18.3 Å². The number of nitrogens with zero attached hydrogens (tertiary/aromatic N) is 5. The van der Waals surface area contributed by atoms with Gasteiger partial charge in [-0.1, -0.05) is 37.3 Å². The van der Waals surface area contributed by atoms with Crippen LogP contribution in [0, 0.1) is 5.92 Å². The van der Waals surface area contributed by atoms with Gasteiger partial charge in [0.25, 0.3) is 0 Å². The number of hydrogen-bond donors (Lipinski definition) is 3. The number of benzene rings is 1. The molecule has 1 aromatic carbocycles. The number of nitrogens with two attached hydrogens (primary N) is 1. The third-order valence-corrected chi connectivity index (χ3v) is 6.79. The Kier molecular flexibility index (Phi) is 7.83. The van der Waals surface area contributed by atoms with E-state index in [1.165, 1.54) is 18.0 Å². The first-order valence-electron chi connectivity index (χ1n) is 12.1. The zero-order valence-electron chi connectivity index (χ0n) is 20.6. The van der Waals surface area contributed by atoms with Crippen LogP contribution < -0.4 is 11.1 Å². The molecule has 0 radical (unpaired) electrons. The van der Waals surface area contributed by atoms with Gasteiger partial charge in [-0.3, -0.25) is 9.48 Å². The molecule has 1 aliphatic rings. The van der Waals surface area contributed by atoms with E-state index in [0.717, 1.165) is 5.56 Å². The van der Waals surface area contributed by atoms with Crippen molar-refractivity contribution in [2.24, 2.45) is 11.7 Å². The van der Waals surface area contributed by atoms with Gasteiger partial charge in [0.2, 0.25) is 11.9 Å². The first-order valence-corrected chi connectivity index (χ1v) is 12.1. The zero-order chi connectivity index (χ0) is 27.4. The quantitative estimate of drug-likeness (QED) is 0.396. The molecule has 0 bridgehead atoms. The van der Waals surface area contributed by atoms with Crippen molar-refractivity contribution in [3.8, 4) is 0 Å². The van der Waals surface area contributed by atoms with E-state index in [4.69, 9.17) is 10.8 Å². The van der Waals surface area contributed by atoms with Gasteiger partial charge in [0.05, 0.1) is 29.2 Å². The number of hydrogen-bond acceptors (Lipinski definition) is 6. The van der Waals surface area contributed by atoms with Crippen molar-refractivity contribution in [2.75, 3.05) is 18.4 Å². The van der Waals surface area contributed by atoms with E-state index in [2.05, 4.69) is 20.4 Å². The highest BCUT2D eigenvalue weighted by atomic mass is 19.4. The normalized spacial score (nSPS) is 16.2. The van der Waals surface area contributed by atoms with E-state index in [0.29, 0.717) is 37.8 Å². The van der Waals surface area contributed by atoms with E-state index in [9.17, 15) is 22.8 Å². The summed E-state index contributed by atoms with van der Waals surface area (Å²) < 4.78 is 43.7. The average Bonchev–Trinajstić information content (AvgIpc) is 3.35. The monoisotopic (exact) mass is 531 g/mol. The number of amides is 2. The van der Waals surface area contributed by atoms with Crippen molar-refractivity contribution in [3.05, 3.63) is 65.7 Å². The van der Waals surface area contributed by atoms with Gasteiger partial charge in [0.15, 0.2) is 0 Å². The molecule has 1 saturated heterocycles. The lowest BCUT2D eigenvalue weighted by Crippen LogP contribution is -2.38. The fraction of sp³-hybridized carbons (Fsp3) is 0.400. The summed E-state index contributed by atoms with van der Waals surface area (Å²) in [5.74, 6) is -2.69. The summed E-state index contributed by atoms with van der Waals surface area (Å²) in [7, 11) is 0. The predicted octanol–water partition coefficient (Wildman–Crippen LogP) is 4.20. The van der Waals surface area contributed by atoms with Crippen molar-refractivity contribution in [2.45, 2.75) is 44.3 Å². The lowest BCUT2D eigenvalue weighted by Gasteiger charge is -2.29. The maximum atomic E-state index is 14.0. The summed E-state index contributed by atoms with van der Waals surface area (Å²) in [5.41, 5.74) is 5.37. The van der Waals surface area contributed by atoms with Crippen LogP contribution in [-0.4, -0.2) is 54.8 Å². The zero-order valence-corrected chi connectivity index (χ0v) is 20.6. The summed E-state index contributed by atoms with van der Waals surface area (Å²) in [6.07, 6.45) is -0.526. The highest BCUT2D eigenvalue weighted by molar-refractivity contribution is 5.77. The number of piperidine rings is 1. The number of likely N-dealkylation sites (tertiary alicyclic amines) is 1. The molecule has 13 heteroatoms. The molecule has 3 aromatic rings. The number of halogens is 3. The van der Waals surface area contributed by atoms with Crippen LogP contribution in [0.1, 0.15) is 48.5 Å². The Hall–Kier alpha value is -4.16. The molecule has 2 unspecified atom stereocenters. The Morgan fingerprint density at radius 2 is 1.87 bits per heavy atom. The number of primary amides is 1. The maximum Gasteiger partial charge on any atom is 0.419 e. The number of rotatable bonds is 8. The molecule has 4 rings (SSSR count). The number of carboxylic acid groups (broad SMARTS) is 1. The molecule has 3 heterocycles. The summed E-state index contributed by atoms with van der Waals surface area (Å²) in [6, 6.07) is 8.84. The first kappa shape index (κ1) is 26.9. The van der Waals surface area contributed by atoms with Crippen LogP contribution in [0.3, 0.4) is 0 Å². The van der Waals surface area contributed by atoms with Crippen molar-refractivity contribution in [3.63, 3.8) is 0 Å². The topological polar surface area (TPSA) is 139 Å². The van der Waals surface area contributed by atoms with Crippen LogP contribution in [0.4, 0.5) is 29.6 Å². The number of aromatic nitrogens is 4. The Balaban J connectivity index is 1.61. The predicted molar refractivity (Wildman–Crippen MR) is 132 cm³/mol. The molecular formula is C25H28F3N7O3. The number of nitrogens with one attached hydrogen (secondary N) is 1. The van der Waals surface area contributed by atoms with E-state index in [-0.39, 0.29) is 24.1 Å². The minimum absolute atomic E-state index is 0.0168. The van der Waals surface area contributed by atoms with Crippen molar-refractivity contribution >= 4 is 23.6 Å². The minimum atomic E-state index is -4.74. The van der Waals surface area contributed by atoms with Gasteiger partial charge in [-0.25, -0.2) is 14.8 Å². The smallest absolute Gasteiger partial charge is 0.419 e. The first-order chi connectivity index (χ1) is 18.0. The number of carbonyl (C=O) groups excluding carboxylic acids is 1. The summed E-state index contributed by atoms with van der Waals surface area (Å²) >= 11 is 0. The van der Waals surface area contributed by atoms with Gasteiger partial charge in [-0.15, -0.1) is 0 Å². The van der Waals surface area contributed by atoms with E-state index < -0.39 is 35.6 Å². The molecule has 202 valence electrons.